The summed E-state index contributed by atoms with van der Waals surface area (Å²) in [6, 6.07) is 11.1. The number of hydrogen-bond donors (Lipinski definition) is 2. The molecule has 1 aliphatic heterocycles. The van der Waals surface area contributed by atoms with Crippen LogP contribution in [0.2, 0.25) is 0 Å². The molecule has 1 aromatic heterocycles. The number of halogens is 6. The van der Waals surface area contributed by atoms with Gasteiger partial charge in [-0.25, -0.2) is 18.0 Å². The molecule has 1 saturated heterocycles. The van der Waals surface area contributed by atoms with E-state index in [1.54, 1.807) is 24.3 Å². The van der Waals surface area contributed by atoms with Gasteiger partial charge in [0.15, 0.2) is 0 Å². The molecule has 2 N–H and O–H groups in total. The van der Waals surface area contributed by atoms with Crippen LogP contribution in [-0.2, 0) is 12.7 Å². The highest BCUT2D eigenvalue weighted by molar-refractivity contribution is 5.95. The van der Waals surface area contributed by atoms with Gasteiger partial charge in [-0.3, -0.25) is 4.68 Å². The van der Waals surface area contributed by atoms with Crippen molar-refractivity contribution in [2.24, 2.45) is 0 Å². The van der Waals surface area contributed by atoms with E-state index < -0.39 is 47.4 Å². The molecule has 12 heteroatoms. The Morgan fingerprint density at radius 2 is 1.74 bits per heavy atom. The zero-order chi connectivity index (χ0) is 27.2. The second-order valence-corrected chi connectivity index (χ2v) is 8.98. The predicted molar refractivity (Wildman–Crippen MR) is 127 cm³/mol. The minimum atomic E-state index is -4.72. The van der Waals surface area contributed by atoms with E-state index in [1.807, 2.05) is 4.90 Å². The van der Waals surface area contributed by atoms with E-state index in [0.29, 0.717) is 37.2 Å². The predicted octanol–water partition coefficient (Wildman–Crippen LogP) is 6.03. The molecule has 0 bridgehead atoms. The number of nitrogens with zero attached hydrogens (tertiary/aromatic N) is 3. The van der Waals surface area contributed by atoms with Crippen molar-refractivity contribution in [2.75, 3.05) is 18.0 Å². The first-order chi connectivity index (χ1) is 18.0. The summed E-state index contributed by atoms with van der Waals surface area (Å²) in [5.74, 6) is -3.48. The number of benzene rings is 3. The van der Waals surface area contributed by atoms with Crippen LogP contribution in [0, 0.1) is 17.5 Å². The molecule has 1 aliphatic rings. The van der Waals surface area contributed by atoms with Crippen molar-refractivity contribution >= 4 is 22.7 Å². The van der Waals surface area contributed by atoms with Crippen molar-refractivity contribution in [2.45, 2.75) is 25.2 Å². The van der Waals surface area contributed by atoms with E-state index >= 15 is 0 Å². The van der Waals surface area contributed by atoms with Crippen LogP contribution in [0.5, 0.6) is 0 Å². The van der Waals surface area contributed by atoms with Gasteiger partial charge in [-0.05, 0) is 24.6 Å². The molecule has 0 unspecified atom stereocenters. The first-order valence-electron chi connectivity index (χ1n) is 11.6. The number of anilines is 1. The first-order valence-corrected chi connectivity index (χ1v) is 11.6. The second-order valence-electron chi connectivity index (χ2n) is 8.98. The van der Waals surface area contributed by atoms with E-state index in [1.165, 1.54) is 12.1 Å². The van der Waals surface area contributed by atoms with Gasteiger partial charge in [0.1, 0.15) is 23.0 Å². The highest BCUT2D eigenvalue weighted by Gasteiger charge is 2.35. The highest BCUT2D eigenvalue weighted by atomic mass is 19.4. The number of carbonyl (C=O) groups is 1. The van der Waals surface area contributed by atoms with Gasteiger partial charge in [-0.1, -0.05) is 24.3 Å². The van der Waals surface area contributed by atoms with Crippen molar-refractivity contribution < 1.29 is 36.2 Å². The average Bonchev–Trinajstić information content (AvgIpc) is 3.44. The number of fused-ring (bicyclic) bond motifs is 1. The molecule has 1 amide bonds. The molecule has 6 nitrogen and oxygen atoms in total. The number of rotatable bonds is 5. The summed E-state index contributed by atoms with van der Waals surface area (Å²) in [6.45, 7) is 0.476. The molecule has 38 heavy (non-hydrogen) atoms. The lowest BCUT2D eigenvalue weighted by Gasteiger charge is -2.19. The van der Waals surface area contributed by atoms with E-state index in [2.05, 4.69) is 10.4 Å². The number of alkyl halides is 3. The summed E-state index contributed by atoms with van der Waals surface area (Å²) < 4.78 is 84.6. The van der Waals surface area contributed by atoms with Crippen LogP contribution in [0.15, 0.2) is 54.6 Å². The number of nitrogens with one attached hydrogen (secondary N) is 1. The molecule has 4 aromatic rings. The molecule has 198 valence electrons. The SMILES string of the molecule is O=C(O)N[C@H]1CCN(c2ccc(-c3c4cccc(C(F)(F)F)c4nn3Cc3c(F)cc(F)cc3F)cc2)C1. The van der Waals surface area contributed by atoms with Crippen LogP contribution < -0.4 is 10.2 Å². The number of carboxylic acid groups (broad SMARTS) is 1. The van der Waals surface area contributed by atoms with Gasteiger partial charge >= 0.3 is 12.3 Å². The fraction of sp³-hybridized carbons (Fsp3) is 0.231. The summed E-state index contributed by atoms with van der Waals surface area (Å²) >= 11 is 0. The van der Waals surface area contributed by atoms with Crippen molar-refractivity contribution in [3.63, 3.8) is 0 Å². The van der Waals surface area contributed by atoms with Crippen LogP contribution in [0.3, 0.4) is 0 Å². The third kappa shape index (κ3) is 4.85. The van der Waals surface area contributed by atoms with Crippen molar-refractivity contribution in [3.8, 4) is 11.3 Å². The van der Waals surface area contributed by atoms with Crippen molar-refractivity contribution in [1.82, 2.24) is 15.1 Å². The van der Waals surface area contributed by atoms with Crippen molar-refractivity contribution in [3.05, 3.63) is 83.2 Å². The summed E-state index contributed by atoms with van der Waals surface area (Å²) in [5.41, 5.74) is -0.513. The third-order valence-electron chi connectivity index (χ3n) is 6.51. The maximum atomic E-state index is 14.4. The number of aromatic nitrogens is 2. The zero-order valence-electron chi connectivity index (χ0n) is 19.6. The third-order valence-corrected chi connectivity index (χ3v) is 6.51. The maximum Gasteiger partial charge on any atom is 0.418 e. The Balaban J connectivity index is 1.57. The molecule has 1 atom stereocenters. The average molecular weight is 534 g/mol. The van der Waals surface area contributed by atoms with Crippen molar-refractivity contribution in [1.29, 1.82) is 0 Å². The quantitative estimate of drug-likeness (QED) is 0.307. The molecular weight excluding hydrogens is 514 g/mol. The topological polar surface area (TPSA) is 70.4 Å². The largest absolute Gasteiger partial charge is 0.465 e. The fourth-order valence-electron chi connectivity index (χ4n) is 4.79. The Kier molecular flexibility index (Phi) is 6.41. The van der Waals surface area contributed by atoms with Gasteiger partial charge in [0.25, 0.3) is 0 Å². The molecule has 3 aromatic carbocycles. The smallest absolute Gasteiger partial charge is 0.418 e. The van der Waals surface area contributed by atoms with Gasteiger partial charge in [-0.15, -0.1) is 0 Å². The molecule has 1 fully saturated rings. The number of amides is 1. The molecule has 0 radical (unpaired) electrons. The molecule has 0 aliphatic carbocycles. The van der Waals surface area contributed by atoms with E-state index in [9.17, 15) is 31.1 Å². The lowest BCUT2D eigenvalue weighted by atomic mass is 10.0. The Labute approximate surface area is 212 Å². The van der Waals surface area contributed by atoms with Crippen LogP contribution in [0.25, 0.3) is 22.2 Å². The summed E-state index contributed by atoms with van der Waals surface area (Å²) in [6.07, 6.45) is -5.22. The van der Waals surface area contributed by atoms with E-state index in [4.69, 9.17) is 5.11 Å². The van der Waals surface area contributed by atoms with Crippen LogP contribution in [0.1, 0.15) is 17.5 Å². The lowest BCUT2D eigenvalue weighted by molar-refractivity contribution is -0.136. The van der Waals surface area contributed by atoms with E-state index in [0.717, 1.165) is 16.4 Å². The second kappa shape index (κ2) is 9.58. The van der Waals surface area contributed by atoms with Crippen LogP contribution >= 0.6 is 0 Å². The van der Waals surface area contributed by atoms with Crippen LogP contribution in [0.4, 0.5) is 36.8 Å². The fourth-order valence-corrected chi connectivity index (χ4v) is 4.79. The zero-order valence-corrected chi connectivity index (χ0v) is 19.6. The first kappa shape index (κ1) is 25.4. The normalized spacial score (nSPS) is 15.8. The standard InChI is InChI=1S/C26H20F6N4O2/c27-15-10-21(28)19(22(29)11-15)13-36-24(18-2-1-3-20(23(18)34-36)26(30,31)32)14-4-6-17(7-5-14)35-9-8-16(12-35)33-25(37)38/h1-7,10-11,16,33H,8-9,12-13H2,(H,37,38)/t16-/m0/s1. The highest BCUT2D eigenvalue weighted by Crippen LogP contribution is 2.39. The summed E-state index contributed by atoms with van der Waals surface area (Å²) in [4.78, 5) is 12.9. The van der Waals surface area contributed by atoms with Gasteiger partial charge in [0.05, 0.1) is 23.8 Å². The molecule has 0 saturated carbocycles. The van der Waals surface area contributed by atoms with Crippen LogP contribution in [-0.4, -0.2) is 40.1 Å². The maximum absolute atomic E-state index is 14.4. The lowest BCUT2D eigenvalue weighted by Crippen LogP contribution is -2.35. The minimum Gasteiger partial charge on any atom is -0.465 e. The summed E-state index contributed by atoms with van der Waals surface area (Å²) in [7, 11) is 0. The molecule has 2 heterocycles. The Morgan fingerprint density at radius 3 is 2.37 bits per heavy atom. The summed E-state index contributed by atoms with van der Waals surface area (Å²) in [5, 5.41) is 15.6. The molecule has 0 spiro atoms. The Morgan fingerprint density at radius 1 is 1.05 bits per heavy atom. The van der Waals surface area contributed by atoms with Gasteiger partial charge in [0, 0.05) is 47.4 Å². The Hall–Kier alpha value is -4.22. The number of hydrogen-bond acceptors (Lipinski definition) is 3. The van der Waals surface area contributed by atoms with Gasteiger partial charge < -0.3 is 15.3 Å². The minimum absolute atomic E-state index is 0.127. The van der Waals surface area contributed by atoms with Gasteiger partial charge in [0.2, 0.25) is 0 Å². The van der Waals surface area contributed by atoms with Gasteiger partial charge in [-0.2, -0.15) is 18.3 Å². The molecule has 5 rings (SSSR count). The Bertz CT molecular complexity index is 1490. The monoisotopic (exact) mass is 534 g/mol. The molecular formula is C26H20F6N4O2. The van der Waals surface area contributed by atoms with E-state index in [-0.39, 0.29) is 22.6 Å².